The molecule has 7 atom stereocenters. The molecule has 9 nitrogen and oxygen atoms in total. The third-order valence-electron chi connectivity index (χ3n) is 9.39. The van der Waals surface area contributed by atoms with Crippen LogP contribution < -0.4 is 19.2 Å². The summed E-state index contributed by atoms with van der Waals surface area (Å²) in [5, 5.41) is 1.24. The first kappa shape index (κ1) is 28.5. The number of carbonyl (C=O) groups is 3. The molecule has 1 saturated heterocycles. The number of hydrogen-bond acceptors (Lipinski definition) is 9. The van der Waals surface area contributed by atoms with Gasteiger partial charge in [0, 0.05) is 21.1 Å². The summed E-state index contributed by atoms with van der Waals surface area (Å²) in [6, 6.07) is 12.6. The maximum Gasteiger partial charge on any atom is 0.326 e. The van der Waals surface area contributed by atoms with Crippen molar-refractivity contribution in [2.45, 2.75) is 36.1 Å². The molecule has 2 amide bonds. The lowest BCUT2D eigenvalue weighted by molar-refractivity contribution is -0.144. The van der Waals surface area contributed by atoms with Crippen molar-refractivity contribution in [1.29, 1.82) is 0 Å². The van der Waals surface area contributed by atoms with Crippen LogP contribution in [0.1, 0.15) is 29.7 Å². The molecule has 2 aliphatic heterocycles. The van der Waals surface area contributed by atoms with Crippen molar-refractivity contribution in [2.75, 3.05) is 25.7 Å². The minimum Gasteiger partial charge on any atom is -0.493 e. The fourth-order valence-electron chi connectivity index (χ4n) is 7.85. The number of ether oxygens (including phenoxy) is 3. The standard InChI is InChI=1S/C31H29ClN2O7S2/c1-4-41-21(35)13-33-30-27(43-31(33)38)22(14-5-10-19(39-2)20(11-14)40-3)23-17-12-18(26(23)42-30)25-24(17)28(36)34(29(25)37)16-8-6-15(32)7-9-16/h5-11,17-18,22-26H,4,12-13H2,1-3H3. The largest absolute Gasteiger partial charge is 0.493 e. The summed E-state index contributed by atoms with van der Waals surface area (Å²) in [5.41, 5.74) is 1.47. The van der Waals surface area contributed by atoms with Gasteiger partial charge >= 0.3 is 10.8 Å². The summed E-state index contributed by atoms with van der Waals surface area (Å²) in [6.07, 6.45) is 0.754. The maximum atomic E-state index is 14.0. The molecular weight excluding hydrogens is 612 g/mol. The van der Waals surface area contributed by atoms with Crippen LogP contribution in [0.5, 0.6) is 11.5 Å². The van der Waals surface area contributed by atoms with Gasteiger partial charge in [-0.3, -0.25) is 28.6 Å². The maximum absolute atomic E-state index is 14.0. The average molecular weight is 641 g/mol. The van der Waals surface area contributed by atoms with Gasteiger partial charge in [-0.05, 0) is 73.1 Å². The minimum atomic E-state index is -0.473. The molecule has 1 aromatic heterocycles. The number of esters is 1. The van der Waals surface area contributed by atoms with Crippen molar-refractivity contribution < 1.29 is 28.6 Å². The van der Waals surface area contributed by atoms with Crippen molar-refractivity contribution in [3.05, 3.63) is 67.6 Å². The number of halogens is 1. The van der Waals surface area contributed by atoms with Crippen LogP contribution in [0.2, 0.25) is 5.02 Å². The van der Waals surface area contributed by atoms with E-state index in [1.54, 1.807) is 57.2 Å². The summed E-state index contributed by atoms with van der Waals surface area (Å²) in [4.78, 5) is 55.7. The summed E-state index contributed by atoms with van der Waals surface area (Å²) >= 11 is 8.80. The Morgan fingerprint density at radius 2 is 1.67 bits per heavy atom. The van der Waals surface area contributed by atoms with Crippen LogP contribution in [0, 0.1) is 29.6 Å². The lowest BCUT2D eigenvalue weighted by Gasteiger charge is -2.43. The second kappa shape index (κ2) is 10.7. The number of methoxy groups -OCH3 is 2. The van der Waals surface area contributed by atoms with Crippen molar-refractivity contribution in [3.8, 4) is 11.5 Å². The number of imide groups is 1. The first-order valence-electron chi connectivity index (χ1n) is 14.2. The number of carbonyl (C=O) groups excluding carboxylic acids is 3. The first-order valence-corrected chi connectivity index (χ1v) is 16.3. The number of fused-ring (bicyclic) bond motifs is 9. The molecule has 3 aromatic rings. The van der Waals surface area contributed by atoms with E-state index in [1.165, 1.54) is 9.47 Å². The Labute approximate surface area is 261 Å². The lowest BCUT2D eigenvalue weighted by Crippen LogP contribution is -2.43. The molecular formula is C31H29ClN2O7S2. The number of rotatable bonds is 7. The zero-order valence-electron chi connectivity index (χ0n) is 23.7. The van der Waals surface area contributed by atoms with Crippen LogP contribution in [0.3, 0.4) is 0 Å². The lowest BCUT2D eigenvalue weighted by atomic mass is 9.68. The van der Waals surface area contributed by atoms with Gasteiger partial charge in [-0.25, -0.2) is 0 Å². The van der Waals surface area contributed by atoms with Gasteiger partial charge in [-0.2, -0.15) is 0 Å². The molecule has 4 aliphatic rings. The van der Waals surface area contributed by atoms with Crippen LogP contribution in [0.15, 0.2) is 52.3 Å². The van der Waals surface area contributed by atoms with Gasteiger partial charge < -0.3 is 14.2 Å². The average Bonchev–Trinajstić information content (AvgIpc) is 3.72. The van der Waals surface area contributed by atoms with E-state index in [4.69, 9.17) is 25.8 Å². The Morgan fingerprint density at radius 1 is 0.977 bits per heavy atom. The molecule has 0 spiro atoms. The van der Waals surface area contributed by atoms with Crippen LogP contribution in [-0.2, 0) is 25.7 Å². The Bertz CT molecular complexity index is 1700. The third kappa shape index (κ3) is 4.26. The monoisotopic (exact) mass is 640 g/mol. The third-order valence-corrected chi connectivity index (χ3v) is 12.4. The van der Waals surface area contributed by atoms with Crippen molar-refractivity contribution in [3.63, 3.8) is 0 Å². The highest BCUT2D eigenvalue weighted by Crippen LogP contribution is 2.69. The van der Waals surface area contributed by atoms with E-state index < -0.39 is 17.8 Å². The molecule has 2 bridgehead atoms. The molecule has 2 saturated carbocycles. The normalized spacial score (nSPS) is 28.5. The zero-order chi connectivity index (χ0) is 30.2. The predicted octanol–water partition coefficient (Wildman–Crippen LogP) is 4.82. The van der Waals surface area contributed by atoms with Crippen LogP contribution in [0.4, 0.5) is 5.69 Å². The van der Waals surface area contributed by atoms with Gasteiger partial charge in [-0.1, -0.05) is 29.0 Å². The highest BCUT2D eigenvalue weighted by Gasteiger charge is 2.69. The van der Waals surface area contributed by atoms with Crippen molar-refractivity contribution in [1.82, 2.24) is 4.57 Å². The van der Waals surface area contributed by atoms with Crippen molar-refractivity contribution >= 4 is 58.2 Å². The van der Waals surface area contributed by atoms with Gasteiger partial charge in [0.2, 0.25) is 11.8 Å². The SMILES string of the molecule is CCOC(=O)Cn1c2c(sc1=O)C(c1ccc(OC)c(OC)c1)C1C3CC(C1S2)C1C(=O)N(c2ccc(Cl)cc2)C(=O)C31. The van der Waals surface area contributed by atoms with E-state index in [1.807, 2.05) is 18.2 Å². The quantitative estimate of drug-likeness (QED) is 0.268. The molecule has 0 N–H and O–H groups in total. The minimum absolute atomic E-state index is 0.00198. The van der Waals surface area contributed by atoms with Gasteiger partial charge in [-0.15, -0.1) is 11.8 Å². The number of amides is 2. The fraction of sp³-hybridized carbons (Fsp3) is 0.419. The zero-order valence-corrected chi connectivity index (χ0v) is 26.0. The predicted molar refractivity (Wildman–Crippen MR) is 162 cm³/mol. The van der Waals surface area contributed by atoms with Gasteiger partial charge in [0.05, 0.1) is 43.4 Å². The van der Waals surface area contributed by atoms with E-state index in [0.717, 1.165) is 33.2 Å². The van der Waals surface area contributed by atoms with Gasteiger partial charge in [0.1, 0.15) is 6.54 Å². The van der Waals surface area contributed by atoms with Crippen LogP contribution >= 0.6 is 34.7 Å². The van der Waals surface area contributed by atoms with Crippen LogP contribution in [0.25, 0.3) is 0 Å². The highest BCUT2D eigenvalue weighted by molar-refractivity contribution is 8.00. The van der Waals surface area contributed by atoms with E-state index in [2.05, 4.69) is 0 Å². The molecule has 3 fully saturated rings. The molecule has 2 aliphatic carbocycles. The Morgan fingerprint density at radius 3 is 2.35 bits per heavy atom. The van der Waals surface area contributed by atoms with Crippen LogP contribution in [-0.4, -0.2) is 48.4 Å². The number of nitrogens with zero attached hydrogens (tertiary/aromatic N) is 2. The summed E-state index contributed by atoms with van der Waals surface area (Å²) in [7, 11) is 3.16. The Hall–Kier alpha value is -3.28. The van der Waals surface area contributed by atoms with Gasteiger partial charge in [0.25, 0.3) is 0 Å². The second-order valence-electron chi connectivity index (χ2n) is 11.3. The van der Waals surface area contributed by atoms with Crippen molar-refractivity contribution in [2.24, 2.45) is 29.6 Å². The highest BCUT2D eigenvalue weighted by atomic mass is 35.5. The molecule has 12 heteroatoms. The van der Waals surface area contributed by atoms with E-state index in [9.17, 15) is 19.2 Å². The number of thiazole rings is 1. The number of benzene rings is 2. The molecule has 0 radical (unpaired) electrons. The topological polar surface area (TPSA) is 104 Å². The first-order chi connectivity index (χ1) is 20.8. The molecule has 224 valence electrons. The molecule has 7 unspecified atom stereocenters. The summed E-state index contributed by atoms with van der Waals surface area (Å²) < 4.78 is 17.8. The van der Waals surface area contributed by atoms with E-state index >= 15 is 0 Å². The second-order valence-corrected chi connectivity index (χ2v) is 13.9. The summed E-state index contributed by atoms with van der Waals surface area (Å²) in [6.45, 7) is 1.78. The molecule has 7 rings (SSSR count). The Kier molecular flexibility index (Phi) is 7.10. The smallest absolute Gasteiger partial charge is 0.326 e. The molecule has 3 heterocycles. The van der Waals surface area contributed by atoms with Gasteiger partial charge in [0.15, 0.2) is 11.5 Å². The summed E-state index contributed by atoms with van der Waals surface area (Å²) in [5.74, 6) is -0.868. The molecule has 43 heavy (non-hydrogen) atoms. The number of thioether (sulfide) groups is 1. The fourth-order valence-corrected chi connectivity index (χ4v) is 11.1. The Balaban J connectivity index is 1.34. The number of anilines is 1. The van der Waals surface area contributed by atoms with E-state index in [-0.39, 0.29) is 58.8 Å². The number of hydrogen-bond donors (Lipinski definition) is 0. The van der Waals surface area contributed by atoms with E-state index in [0.29, 0.717) is 22.2 Å². The molecule has 2 aromatic carbocycles. The number of aromatic nitrogens is 1.